The van der Waals surface area contributed by atoms with Crippen molar-refractivity contribution in [2.45, 2.75) is 63.7 Å². The molecule has 4 saturated carbocycles. The standard InChI is InChI=1S/C28H40O6/c1-21(29)19-33-12-11-32-10-9-31-8-2-3-26(30)20-34-27-6-4-25(5-7-27)28-16-22-13-23(17-28)15-24(14-22)18-28/h4-7,22-24H,2-3,8-20H2,1H3. The molecule has 4 fully saturated rings. The number of rotatable bonds is 16. The van der Waals surface area contributed by atoms with Crippen molar-refractivity contribution in [3.8, 4) is 5.75 Å². The Hall–Kier alpha value is -1.76. The Morgan fingerprint density at radius 1 is 0.794 bits per heavy atom. The lowest BCUT2D eigenvalue weighted by molar-refractivity contribution is -0.122. The molecule has 4 bridgehead atoms. The number of benzene rings is 1. The van der Waals surface area contributed by atoms with Gasteiger partial charge in [0.2, 0.25) is 0 Å². The van der Waals surface area contributed by atoms with E-state index < -0.39 is 0 Å². The van der Waals surface area contributed by atoms with Crippen LogP contribution in [0, 0.1) is 17.8 Å². The van der Waals surface area contributed by atoms with E-state index in [1.165, 1.54) is 51.0 Å². The summed E-state index contributed by atoms with van der Waals surface area (Å²) >= 11 is 0. The Balaban J connectivity index is 1.05. The maximum Gasteiger partial charge on any atom is 0.170 e. The van der Waals surface area contributed by atoms with Crippen molar-refractivity contribution in [3.05, 3.63) is 29.8 Å². The minimum absolute atomic E-state index is 0.00801. The van der Waals surface area contributed by atoms with E-state index in [1.807, 2.05) is 0 Å². The zero-order valence-electron chi connectivity index (χ0n) is 20.6. The van der Waals surface area contributed by atoms with Gasteiger partial charge >= 0.3 is 0 Å². The Morgan fingerprint density at radius 3 is 1.94 bits per heavy atom. The Morgan fingerprint density at radius 2 is 1.35 bits per heavy atom. The second-order valence-electron chi connectivity index (χ2n) is 10.6. The molecule has 0 saturated heterocycles. The monoisotopic (exact) mass is 472 g/mol. The molecule has 0 aliphatic heterocycles. The SMILES string of the molecule is CC(=O)COCCOCCOCCCC(=O)COc1ccc(C23CC4CC(CC(C4)C2)C3)cc1. The number of hydrogen-bond acceptors (Lipinski definition) is 6. The molecule has 0 spiro atoms. The van der Waals surface area contributed by atoms with Gasteiger partial charge in [0.1, 0.15) is 19.0 Å². The molecule has 4 aliphatic rings. The molecule has 188 valence electrons. The Kier molecular flexibility index (Phi) is 9.15. The Bertz CT molecular complexity index is 766. The number of ether oxygens (including phenoxy) is 4. The fourth-order valence-electron chi connectivity index (χ4n) is 6.63. The predicted molar refractivity (Wildman–Crippen MR) is 129 cm³/mol. The lowest BCUT2D eigenvalue weighted by Crippen LogP contribution is -2.48. The highest BCUT2D eigenvalue weighted by Gasteiger charge is 2.51. The van der Waals surface area contributed by atoms with E-state index in [2.05, 4.69) is 24.3 Å². The molecule has 0 heterocycles. The van der Waals surface area contributed by atoms with Gasteiger partial charge in [0, 0.05) is 13.0 Å². The van der Waals surface area contributed by atoms with E-state index in [1.54, 1.807) is 0 Å². The third kappa shape index (κ3) is 7.12. The molecule has 6 nitrogen and oxygen atoms in total. The fourth-order valence-corrected chi connectivity index (χ4v) is 6.63. The van der Waals surface area contributed by atoms with Gasteiger partial charge in [-0.05, 0) is 92.7 Å². The predicted octanol–water partition coefficient (Wildman–Crippen LogP) is 4.52. The van der Waals surface area contributed by atoms with Gasteiger partial charge in [0.25, 0.3) is 0 Å². The molecule has 34 heavy (non-hydrogen) atoms. The molecule has 1 aromatic carbocycles. The first-order valence-electron chi connectivity index (χ1n) is 13.0. The van der Waals surface area contributed by atoms with Gasteiger partial charge in [0.05, 0.1) is 26.4 Å². The third-order valence-corrected chi connectivity index (χ3v) is 7.70. The van der Waals surface area contributed by atoms with Gasteiger partial charge in [-0.1, -0.05) is 12.1 Å². The third-order valence-electron chi connectivity index (χ3n) is 7.70. The summed E-state index contributed by atoms with van der Waals surface area (Å²) in [5.74, 6) is 3.70. The van der Waals surface area contributed by atoms with E-state index in [-0.39, 0.29) is 24.8 Å². The molecule has 4 aliphatic carbocycles. The second-order valence-corrected chi connectivity index (χ2v) is 10.6. The van der Waals surface area contributed by atoms with Crippen LogP contribution in [0.3, 0.4) is 0 Å². The van der Waals surface area contributed by atoms with E-state index in [4.69, 9.17) is 18.9 Å². The number of ketones is 2. The Labute approximate surface area is 203 Å². The van der Waals surface area contributed by atoms with Crippen LogP contribution in [0.1, 0.15) is 63.9 Å². The average Bonchev–Trinajstić information content (AvgIpc) is 2.80. The van der Waals surface area contributed by atoms with Crippen molar-refractivity contribution >= 4 is 11.6 Å². The smallest absolute Gasteiger partial charge is 0.170 e. The van der Waals surface area contributed by atoms with Crippen LogP contribution >= 0.6 is 0 Å². The molecule has 0 unspecified atom stereocenters. The van der Waals surface area contributed by atoms with Gasteiger partial charge in [0.15, 0.2) is 11.6 Å². The normalized spacial score (nSPS) is 27.1. The van der Waals surface area contributed by atoms with Gasteiger partial charge in [-0.3, -0.25) is 9.59 Å². The summed E-state index contributed by atoms with van der Waals surface area (Å²) in [7, 11) is 0. The first kappa shape index (κ1) is 25.3. The van der Waals surface area contributed by atoms with Gasteiger partial charge in [-0.25, -0.2) is 0 Å². The van der Waals surface area contributed by atoms with Crippen LogP contribution in [0.25, 0.3) is 0 Å². The maximum absolute atomic E-state index is 12.2. The summed E-state index contributed by atoms with van der Waals surface area (Å²) in [4.78, 5) is 22.9. The lowest BCUT2D eigenvalue weighted by Gasteiger charge is -2.57. The first-order chi connectivity index (χ1) is 16.5. The molecule has 0 radical (unpaired) electrons. The van der Waals surface area contributed by atoms with Crippen molar-refractivity contribution in [1.29, 1.82) is 0 Å². The van der Waals surface area contributed by atoms with E-state index in [9.17, 15) is 9.59 Å². The summed E-state index contributed by atoms with van der Waals surface area (Å²) in [5, 5.41) is 0. The minimum Gasteiger partial charge on any atom is -0.486 e. The molecule has 0 amide bonds. The summed E-state index contributed by atoms with van der Waals surface area (Å²) < 4.78 is 21.7. The summed E-state index contributed by atoms with van der Waals surface area (Å²) in [6, 6.07) is 8.60. The topological polar surface area (TPSA) is 71.1 Å². The van der Waals surface area contributed by atoms with Gasteiger partial charge in [-0.15, -0.1) is 0 Å². The number of Topliss-reactive ketones (excluding diaryl/α,β-unsaturated/α-hetero) is 2. The molecule has 0 N–H and O–H groups in total. The van der Waals surface area contributed by atoms with Crippen molar-refractivity contribution in [3.63, 3.8) is 0 Å². The summed E-state index contributed by atoms with van der Waals surface area (Å²) in [6.07, 6.45) is 9.59. The van der Waals surface area contributed by atoms with E-state index >= 15 is 0 Å². The average molecular weight is 473 g/mol. The molecular formula is C28H40O6. The second kappa shape index (κ2) is 12.3. The van der Waals surface area contributed by atoms with Crippen LogP contribution in [0.5, 0.6) is 5.75 Å². The highest BCUT2D eigenvalue weighted by molar-refractivity contribution is 5.79. The molecule has 0 atom stereocenters. The van der Waals surface area contributed by atoms with Gasteiger partial charge < -0.3 is 18.9 Å². The molecule has 5 rings (SSSR count). The van der Waals surface area contributed by atoms with Crippen molar-refractivity contribution in [1.82, 2.24) is 0 Å². The zero-order valence-corrected chi connectivity index (χ0v) is 20.6. The van der Waals surface area contributed by atoms with E-state index in [0.29, 0.717) is 51.3 Å². The maximum atomic E-state index is 12.2. The van der Waals surface area contributed by atoms with Crippen molar-refractivity contribution in [2.75, 3.05) is 46.2 Å². The van der Waals surface area contributed by atoms with E-state index in [0.717, 1.165) is 23.5 Å². The summed E-state index contributed by atoms with van der Waals surface area (Å²) in [6.45, 7) is 4.05. The molecule has 1 aromatic rings. The number of carbonyl (C=O) groups excluding carboxylic acids is 2. The van der Waals surface area contributed by atoms with Crippen LogP contribution in [0.4, 0.5) is 0 Å². The van der Waals surface area contributed by atoms with Crippen LogP contribution in [0.15, 0.2) is 24.3 Å². The number of hydrogen-bond donors (Lipinski definition) is 0. The van der Waals surface area contributed by atoms with Gasteiger partial charge in [-0.2, -0.15) is 0 Å². The fraction of sp³-hybridized carbons (Fsp3) is 0.714. The molecule has 0 aromatic heterocycles. The molecular weight excluding hydrogens is 432 g/mol. The van der Waals surface area contributed by atoms with Crippen LogP contribution in [-0.4, -0.2) is 57.8 Å². The highest BCUT2D eigenvalue weighted by Crippen LogP contribution is 2.60. The van der Waals surface area contributed by atoms with Crippen LogP contribution in [0.2, 0.25) is 0 Å². The quantitative estimate of drug-likeness (QED) is 0.330. The summed E-state index contributed by atoms with van der Waals surface area (Å²) in [5.41, 5.74) is 1.88. The van der Waals surface area contributed by atoms with Crippen LogP contribution in [-0.2, 0) is 29.2 Å². The zero-order chi connectivity index (χ0) is 23.8. The van der Waals surface area contributed by atoms with Crippen molar-refractivity contribution in [2.24, 2.45) is 17.8 Å². The lowest BCUT2D eigenvalue weighted by atomic mass is 9.48. The van der Waals surface area contributed by atoms with Crippen LogP contribution < -0.4 is 4.74 Å². The highest BCUT2D eigenvalue weighted by atomic mass is 16.5. The largest absolute Gasteiger partial charge is 0.486 e. The molecule has 6 heteroatoms. The number of carbonyl (C=O) groups is 2. The first-order valence-corrected chi connectivity index (χ1v) is 13.0. The van der Waals surface area contributed by atoms with Crippen molar-refractivity contribution < 1.29 is 28.5 Å². The minimum atomic E-state index is 0.00801.